The van der Waals surface area contributed by atoms with Crippen LogP contribution in [0.4, 0.5) is 0 Å². The number of aliphatic carboxylic acids is 1. The molecule has 20 heteroatoms. The molecule has 2 rings (SSSR count). The van der Waals surface area contributed by atoms with Crippen molar-refractivity contribution in [3.05, 3.63) is 53.1 Å². The second-order valence-corrected chi connectivity index (χ2v) is 9.49. The van der Waals surface area contributed by atoms with Crippen LogP contribution in [0.15, 0.2) is 36.4 Å². The van der Waals surface area contributed by atoms with Crippen molar-refractivity contribution < 1.29 is 342 Å². The minimum atomic E-state index is -0.985. The van der Waals surface area contributed by atoms with Gasteiger partial charge in [-0.05, 0) is 48.1 Å². The van der Waals surface area contributed by atoms with Crippen LogP contribution < -0.4 is 14.2 Å². The fourth-order valence-corrected chi connectivity index (χ4v) is 2.99. The molecule has 0 atom stereocenters. The first-order valence-electron chi connectivity index (χ1n) is 11.5. The van der Waals surface area contributed by atoms with Crippen LogP contribution in [0.5, 0.6) is 17.2 Å². The van der Waals surface area contributed by atoms with Crippen molar-refractivity contribution >= 4 is 11.8 Å². The SMILES string of the molecule is CC(C)COc1ccc(C(=O)c2ccc(OCC(C)C)c(CC(=O)O)c2)c(OCC(C)C)c1.[Nb].[Nb].[Nb].[Nb].[Nb].[Nb].[Nb].[Nb].[Nb].[Nb].[Nb].[Nb].[Nb].[Nb]. The Morgan fingerprint density at radius 2 is 0.957 bits per heavy atom. The maximum absolute atomic E-state index is 13.4. The number of carboxylic acid groups (broad SMARTS) is 1. The Morgan fingerprint density at radius 1 is 0.553 bits per heavy atom. The molecule has 0 heterocycles. The van der Waals surface area contributed by atoms with E-state index in [1.54, 1.807) is 36.4 Å². The Bertz CT molecular complexity index is 987. The summed E-state index contributed by atoms with van der Waals surface area (Å²) in [6.45, 7) is 13.7. The van der Waals surface area contributed by atoms with Crippen molar-refractivity contribution in [1.82, 2.24) is 0 Å². The van der Waals surface area contributed by atoms with Crippen molar-refractivity contribution in [2.45, 2.75) is 48.0 Å². The third kappa shape index (κ3) is 38.6. The molecule has 0 unspecified atom stereocenters. The van der Waals surface area contributed by atoms with E-state index >= 15 is 0 Å². The topological polar surface area (TPSA) is 82.1 Å². The van der Waals surface area contributed by atoms with E-state index in [0.717, 1.165) is 0 Å². The van der Waals surface area contributed by atoms with Gasteiger partial charge in [0.2, 0.25) is 0 Å². The summed E-state index contributed by atoms with van der Waals surface area (Å²) in [5.74, 6) is 1.30. The number of carbonyl (C=O) groups excluding carboxylic acids is 1. The van der Waals surface area contributed by atoms with E-state index in [2.05, 4.69) is 13.8 Å². The predicted octanol–water partition coefficient (Wildman–Crippen LogP) is 5.61. The molecule has 2 aromatic rings. The number of carbonyl (C=O) groups is 2. The monoisotopic (exact) mass is 1760 g/mol. The summed E-state index contributed by atoms with van der Waals surface area (Å²) in [6.07, 6.45) is -0.229. The molecular weight excluding hydrogens is 1720 g/mol. The number of rotatable bonds is 13. The van der Waals surface area contributed by atoms with Crippen LogP contribution in [0.25, 0.3) is 0 Å². The molecule has 6 nitrogen and oxygen atoms in total. The fraction of sp³-hybridized carbons (Fsp3) is 0.481. The van der Waals surface area contributed by atoms with Crippen molar-refractivity contribution in [1.29, 1.82) is 0 Å². The average molecular weight is 1760 g/mol. The van der Waals surface area contributed by atoms with Crippen LogP contribution in [0.1, 0.15) is 63.0 Å². The summed E-state index contributed by atoms with van der Waals surface area (Å²) in [7, 11) is 0. The van der Waals surface area contributed by atoms with E-state index in [1.807, 2.05) is 27.7 Å². The van der Waals surface area contributed by atoms with Gasteiger partial charge >= 0.3 is 5.97 Å². The van der Waals surface area contributed by atoms with Crippen LogP contribution in [-0.4, -0.2) is 36.7 Å². The Balaban J connectivity index is -0.0000000751. The molecule has 0 aliphatic rings. The molecule has 0 saturated heterocycles. The summed E-state index contributed by atoms with van der Waals surface area (Å²) < 4.78 is 17.5. The minimum Gasteiger partial charge on any atom is -0.493 e. The number of hydrogen-bond donors (Lipinski definition) is 1. The molecule has 250 valence electrons. The molecule has 0 amide bonds. The van der Waals surface area contributed by atoms with Gasteiger partial charge in [0.15, 0.2) is 5.78 Å². The van der Waals surface area contributed by atoms with Gasteiger partial charge in [-0.25, -0.2) is 0 Å². The molecule has 1 N–H and O–H groups in total. The maximum atomic E-state index is 13.4. The molecular formula is C27H36Nb14O6. The first kappa shape index (κ1) is 90.5. The van der Waals surface area contributed by atoms with Gasteiger partial charge < -0.3 is 19.3 Å². The van der Waals surface area contributed by atoms with Crippen LogP contribution in [0.2, 0.25) is 0 Å². The van der Waals surface area contributed by atoms with Crippen molar-refractivity contribution in [3.63, 3.8) is 0 Å². The first-order valence-corrected chi connectivity index (χ1v) is 11.5. The van der Waals surface area contributed by atoms with Gasteiger partial charge in [-0.15, -0.1) is 0 Å². The molecule has 0 aliphatic carbocycles. The number of ether oxygens (including phenoxy) is 3. The van der Waals surface area contributed by atoms with Gasteiger partial charge in [0.25, 0.3) is 0 Å². The van der Waals surface area contributed by atoms with Crippen molar-refractivity contribution in [2.75, 3.05) is 19.8 Å². The van der Waals surface area contributed by atoms with Gasteiger partial charge in [-0.3, -0.25) is 9.59 Å². The van der Waals surface area contributed by atoms with Crippen LogP contribution in [0.3, 0.4) is 0 Å². The van der Waals surface area contributed by atoms with E-state index in [0.29, 0.717) is 65.6 Å². The number of benzene rings is 2. The molecule has 0 fully saturated rings. The summed E-state index contributed by atoms with van der Waals surface area (Å²) in [6, 6.07) is 10.1. The van der Waals surface area contributed by atoms with Gasteiger partial charge in [0, 0.05) is 331 Å². The van der Waals surface area contributed by atoms with Gasteiger partial charge in [-0.1, -0.05) is 41.5 Å². The summed E-state index contributed by atoms with van der Waals surface area (Å²) in [4.78, 5) is 24.8. The van der Waals surface area contributed by atoms with Gasteiger partial charge in [0.1, 0.15) is 17.2 Å². The number of hydrogen-bond acceptors (Lipinski definition) is 5. The Hall–Kier alpha value is 7.34. The third-order valence-corrected chi connectivity index (χ3v) is 4.59. The Labute approximate surface area is 499 Å². The molecule has 47 heavy (non-hydrogen) atoms. The fourth-order valence-electron chi connectivity index (χ4n) is 2.99. The van der Waals surface area contributed by atoms with Gasteiger partial charge in [0.05, 0.1) is 31.8 Å². The zero-order valence-corrected chi connectivity index (χ0v) is 57.6. The summed E-state index contributed by atoms with van der Waals surface area (Å²) in [5, 5.41) is 9.33. The van der Waals surface area contributed by atoms with Crippen molar-refractivity contribution in [3.8, 4) is 17.2 Å². The molecule has 0 aromatic heterocycles. The Morgan fingerprint density at radius 3 is 1.36 bits per heavy atom. The molecule has 14 radical (unpaired) electrons. The smallest absolute Gasteiger partial charge is 0.307 e. The maximum Gasteiger partial charge on any atom is 0.307 e. The standard InChI is InChI=1S/C27H36O6.14Nb/c1-17(2)14-31-22-8-9-23(25(13-22)33-16-19(5)6)27(30)20-7-10-24(32-15-18(3)4)21(11-20)12-26(28)29;;;;;;;;;;;;;;/h7-11,13,17-19H,12,14-16H2,1-6H3,(H,28,29);;;;;;;;;;;;;;. The van der Waals surface area contributed by atoms with Gasteiger partial charge in [-0.2, -0.15) is 0 Å². The Kier molecular flexibility index (Phi) is 98.9. The quantitative estimate of drug-likeness (QED) is 0.208. The normalized spacial score (nSPS) is 7.85. The molecule has 0 spiro atoms. The summed E-state index contributed by atoms with van der Waals surface area (Å²) >= 11 is 0. The van der Waals surface area contributed by atoms with E-state index < -0.39 is 5.97 Å². The van der Waals surface area contributed by atoms with Crippen molar-refractivity contribution in [2.24, 2.45) is 17.8 Å². The van der Waals surface area contributed by atoms with Crippen LogP contribution in [-0.2, 0) is 325 Å². The average Bonchev–Trinajstić information content (AvgIpc) is 2.74. The zero-order valence-electron chi connectivity index (χ0n) is 26.8. The predicted molar refractivity (Wildman–Crippen MR) is 129 cm³/mol. The van der Waals surface area contributed by atoms with Crippen LogP contribution in [0, 0.1) is 17.8 Å². The number of ketones is 1. The number of carboxylic acids is 1. The molecule has 0 aliphatic heterocycles. The van der Waals surface area contributed by atoms with E-state index in [-0.39, 0.29) is 331 Å². The zero-order chi connectivity index (χ0) is 24.5. The molecule has 0 bridgehead atoms. The minimum absolute atomic E-state index is 0. The van der Waals surface area contributed by atoms with E-state index in [1.165, 1.54) is 0 Å². The van der Waals surface area contributed by atoms with E-state index in [4.69, 9.17) is 14.2 Å². The molecule has 2 aromatic carbocycles. The second-order valence-electron chi connectivity index (χ2n) is 9.49. The van der Waals surface area contributed by atoms with Crippen LogP contribution >= 0.6 is 0 Å². The van der Waals surface area contributed by atoms with E-state index in [9.17, 15) is 14.7 Å². The largest absolute Gasteiger partial charge is 0.493 e. The third-order valence-electron chi connectivity index (χ3n) is 4.59. The second kappa shape index (κ2) is 51.4. The summed E-state index contributed by atoms with van der Waals surface area (Å²) in [5.41, 5.74) is 1.26. The molecule has 0 saturated carbocycles. The first-order chi connectivity index (χ1) is 15.6.